The third-order valence-corrected chi connectivity index (χ3v) is 7.95. The topological polar surface area (TPSA) is 127 Å². The van der Waals surface area contributed by atoms with E-state index in [-0.39, 0.29) is 40.6 Å². The summed E-state index contributed by atoms with van der Waals surface area (Å²) in [6.07, 6.45) is 4.03. The molecule has 1 aromatic carbocycles. The first kappa shape index (κ1) is 23.6. The third-order valence-electron chi connectivity index (χ3n) is 4.55. The van der Waals surface area contributed by atoms with E-state index >= 15 is 0 Å². The molecule has 2 N–H and O–H groups in total. The summed E-state index contributed by atoms with van der Waals surface area (Å²) < 4.78 is 32.9. The van der Waals surface area contributed by atoms with Crippen molar-refractivity contribution in [3.05, 3.63) is 29.3 Å². The number of hydrogen-bond donors (Lipinski definition) is 2. The molecular weight excluding hydrogens is 460 g/mol. The summed E-state index contributed by atoms with van der Waals surface area (Å²) in [6.45, 7) is 2.01. The minimum Gasteiger partial charge on any atom is -0.465 e. The van der Waals surface area contributed by atoms with Crippen LogP contribution in [0.2, 0.25) is 0 Å². The SMILES string of the molecule is CCOC(=O)CSc1nnc(NC(=O)CCNS(=O)(=O)c2ccc3c(c2)CCCC3)s1. The number of benzene rings is 1. The number of hydrogen-bond acceptors (Lipinski definition) is 9. The molecule has 1 aromatic heterocycles. The van der Waals surface area contributed by atoms with Crippen molar-refractivity contribution in [1.82, 2.24) is 14.9 Å². The summed E-state index contributed by atoms with van der Waals surface area (Å²) in [7, 11) is -3.68. The number of nitrogens with zero attached hydrogens (tertiary/aromatic N) is 2. The van der Waals surface area contributed by atoms with Crippen molar-refractivity contribution >= 4 is 50.1 Å². The van der Waals surface area contributed by atoms with E-state index in [1.54, 1.807) is 19.1 Å². The molecule has 0 unspecified atom stereocenters. The summed E-state index contributed by atoms with van der Waals surface area (Å²) in [6, 6.07) is 5.22. The van der Waals surface area contributed by atoms with Crippen LogP contribution >= 0.6 is 23.1 Å². The van der Waals surface area contributed by atoms with Crippen molar-refractivity contribution in [2.45, 2.75) is 48.3 Å². The molecule has 0 fully saturated rings. The molecule has 1 amide bonds. The third kappa shape index (κ3) is 6.99. The van der Waals surface area contributed by atoms with Crippen LogP contribution in [0.25, 0.3) is 0 Å². The Kier molecular flexibility index (Phi) is 8.41. The maximum absolute atomic E-state index is 12.5. The number of amides is 1. The normalized spacial score (nSPS) is 13.5. The average molecular weight is 485 g/mol. The van der Waals surface area contributed by atoms with Crippen molar-refractivity contribution in [2.24, 2.45) is 0 Å². The van der Waals surface area contributed by atoms with Gasteiger partial charge in [-0.1, -0.05) is 29.2 Å². The van der Waals surface area contributed by atoms with Gasteiger partial charge in [-0.15, -0.1) is 10.2 Å². The lowest BCUT2D eigenvalue weighted by Crippen LogP contribution is -2.28. The van der Waals surface area contributed by atoms with E-state index < -0.39 is 10.0 Å². The second kappa shape index (κ2) is 11.0. The zero-order chi connectivity index (χ0) is 22.3. The monoisotopic (exact) mass is 484 g/mol. The highest BCUT2D eigenvalue weighted by atomic mass is 32.2. The zero-order valence-electron chi connectivity index (χ0n) is 17.0. The standard InChI is InChI=1S/C19H24N4O5S3/c1-2-28-17(25)12-29-19-23-22-18(30-19)21-16(24)9-10-20-31(26,27)15-8-7-13-5-3-4-6-14(13)11-15/h7-8,11,20H,2-6,9-10,12H2,1H3,(H,21,22,24). The lowest BCUT2D eigenvalue weighted by atomic mass is 9.92. The molecule has 0 bridgehead atoms. The predicted octanol–water partition coefficient (Wildman–Crippen LogP) is 2.38. The number of thioether (sulfide) groups is 1. The molecule has 0 saturated carbocycles. The predicted molar refractivity (Wildman–Crippen MR) is 119 cm³/mol. The second-order valence-corrected chi connectivity index (χ2v) is 10.8. The summed E-state index contributed by atoms with van der Waals surface area (Å²) in [5, 5.41) is 10.6. The fourth-order valence-electron chi connectivity index (χ4n) is 3.08. The van der Waals surface area contributed by atoms with E-state index in [4.69, 9.17) is 4.74 Å². The van der Waals surface area contributed by atoms with Crippen molar-refractivity contribution in [1.29, 1.82) is 0 Å². The maximum atomic E-state index is 12.5. The number of aromatic nitrogens is 2. The zero-order valence-corrected chi connectivity index (χ0v) is 19.5. The molecule has 168 valence electrons. The number of sulfonamides is 1. The number of nitrogens with one attached hydrogen (secondary N) is 2. The van der Waals surface area contributed by atoms with Gasteiger partial charge in [0.2, 0.25) is 21.1 Å². The summed E-state index contributed by atoms with van der Waals surface area (Å²) >= 11 is 2.30. The van der Waals surface area contributed by atoms with Gasteiger partial charge in [0, 0.05) is 13.0 Å². The van der Waals surface area contributed by atoms with Crippen molar-refractivity contribution in [3.8, 4) is 0 Å². The average Bonchev–Trinajstić information content (AvgIpc) is 3.19. The number of aryl methyl sites for hydroxylation is 2. The molecule has 0 radical (unpaired) electrons. The quantitative estimate of drug-likeness (QED) is 0.299. The van der Waals surface area contributed by atoms with E-state index in [2.05, 4.69) is 20.2 Å². The highest BCUT2D eigenvalue weighted by Crippen LogP contribution is 2.26. The largest absolute Gasteiger partial charge is 0.465 e. The van der Waals surface area contributed by atoms with Crippen LogP contribution in [0.4, 0.5) is 5.13 Å². The van der Waals surface area contributed by atoms with Gasteiger partial charge in [-0.3, -0.25) is 9.59 Å². The fourth-order valence-corrected chi connectivity index (χ4v) is 5.73. The molecular formula is C19H24N4O5S3. The molecule has 0 atom stereocenters. The Morgan fingerprint density at radius 1 is 1.19 bits per heavy atom. The van der Waals surface area contributed by atoms with Gasteiger partial charge in [0.25, 0.3) is 0 Å². The number of carbonyl (C=O) groups is 2. The molecule has 3 rings (SSSR count). The van der Waals surface area contributed by atoms with Gasteiger partial charge in [0.15, 0.2) is 4.34 Å². The van der Waals surface area contributed by atoms with E-state index in [1.165, 1.54) is 17.3 Å². The van der Waals surface area contributed by atoms with Gasteiger partial charge in [-0.2, -0.15) is 0 Å². The Hall–Kier alpha value is -2.02. The number of ether oxygens (including phenoxy) is 1. The van der Waals surface area contributed by atoms with Crippen LogP contribution in [-0.4, -0.2) is 49.4 Å². The van der Waals surface area contributed by atoms with E-state index in [1.807, 2.05) is 6.07 Å². The molecule has 1 aliphatic carbocycles. The van der Waals surface area contributed by atoms with Gasteiger partial charge in [0.05, 0.1) is 17.3 Å². The minimum atomic E-state index is -3.68. The smallest absolute Gasteiger partial charge is 0.316 e. The molecule has 9 nitrogen and oxygen atoms in total. The first-order valence-corrected chi connectivity index (χ1v) is 13.2. The van der Waals surface area contributed by atoms with Crippen molar-refractivity contribution in [2.75, 3.05) is 24.2 Å². The molecule has 1 heterocycles. The van der Waals surface area contributed by atoms with E-state index in [9.17, 15) is 18.0 Å². The Morgan fingerprint density at radius 2 is 1.97 bits per heavy atom. The first-order valence-electron chi connectivity index (χ1n) is 9.90. The Balaban J connectivity index is 1.45. The van der Waals surface area contributed by atoms with Gasteiger partial charge < -0.3 is 10.1 Å². The van der Waals surface area contributed by atoms with Gasteiger partial charge in [-0.25, -0.2) is 13.1 Å². The molecule has 1 aliphatic rings. The van der Waals surface area contributed by atoms with Crippen molar-refractivity contribution in [3.63, 3.8) is 0 Å². The Morgan fingerprint density at radius 3 is 2.74 bits per heavy atom. The Bertz CT molecular complexity index is 1040. The fraction of sp³-hybridized carbons (Fsp3) is 0.474. The van der Waals surface area contributed by atoms with E-state index in [0.717, 1.165) is 42.6 Å². The number of carbonyl (C=O) groups excluding carboxylic acids is 2. The highest BCUT2D eigenvalue weighted by Gasteiger charge is 2.18. The van der Waals surface area contributed by atoms with Gasteiger partial charge in [0.1, 0.15) is 0 Å². The lowest BCUT2D eigenvalue weighted by molar-refractivity contribution is -0.139. The van der Waals surface area contributed by atoms with E-state index in [0.29, 0.717) is 10.9 Å². The minimum absolute atomic E-state index is 0.0332. The van der Waals surface area contributed by atoms with Crippen molar-refractivity contribution < 1.29 is 22.7 Å². The van der Waals surface area contributed by atoms with Crippen LogP contribution in [0.1, 0.15) is 37.3 Å². The molecule has 12 heteroatoms. The van der Waals surface area contributed by atoms with Crippen LogP contribution in [0.3, 0.4) is 0 Å². The molecule has 0 saturated heterocycles. The first-order chi connectivity index (χ1) is 14.9. The Labute approximate surface area is 189 Å². The highest BCUT2D eigenvalue weighted by molar-refractivity contribution is 8.01. The van der Waals surface area contributed by atoms with Crippen LogP contribution in [0, 0.1) is 0 Å². The summed E-state index contributed by atoms with van der Waals surface area (Å²) in [4.78, 5) is 23.7. The molecule has 0 spiro atoms. The summed E-state index contributed by atoms with van der Waals surface area (Å²) in [5.41, 5.74) is 2.29. The summed E-state index contributed by atoms with van der Waals surface area (Å²) in [5.74, 6) is -0.619. The van der Waals surface area contributed by atoms with Crippen LogP contribution in [0.5, 0.6) is 0 Å². The van der Waals surface area contributed by atoms with Crippen LogP contribution in [-0.2, 0) is 37.2 Å². The van der Waals surface area contributed by atoms with Gasteiger partial charge in [-0.05, 0) is 55.9 Å². The molecule has 31 heavy (non-hydrogen) atoms. The van der Waals surface area contributed by atoms with Crippen LogP contribution in [0.15, 0.2) is 27.4 Å². The maximum Gasteiger partial charge on any atom is 0.316 e. The van der Waals surface area contributed by atoms with Gasteiger partial charge >= 0.3 is 5.97 Å². The lowest BCUT2D eigenvalue weighted by Gasteiger charge is -2.16. The molecule has 0 aliphatic heterocycles. The number of anilines is 1. The molecule has 2 aromatic rings. The number of esters is 1. The number of fused-ring (bicyclic) bond motifs is 1. The number of rotatable bonds is 10. The van der Waals surface area contributed by atoms with Crippen LogP contribution < -0.4 is 10.0 Å². The second-order valence-electron chi connectivity index (χ2n) is 6.80.